The van der Waals surface area contributed by atoms with Crippen LogP contribution < -0.4 is 14.4 Å². The topological polar surface area (TPSA) is 102 Å². The number of aryl methyl sites for hydroxylation is 1. The zero-order chi connectivity index (χ0) is 38.5. The van der Waals surface area contributed by atoms with E-state index >= 15 is 8.78 Å². The average Bonchev–Trinajstić information content (AvgIpc) is 3.96. The number of aromatic nitrogens is 3. The van der Waals surface area contributed by atoms with Crippen molar-refractivity contribution in [1.82, 2.24) is 24.8 Å². The summed E-state index contributed by atoms with van der Waals surface area (Å²) in [6.07, 6.45) is 12.3. The van der Waals surface area contributed by atoms with Gasteiger partial charge in [-0.2, -0.15) is 9.97 Å². The second-order valence-corrected chi connectivity index (χ2v) is 16.4. The molecule has 4 aromatic rings. The molecule has 1 amide bonds. The lowest BCUT2D eigenvalue weighted by Gasteiger charge is -2.41. The molecule has 3 fully saturated rings. The van der Waals surface area contributed by atoms with Crippen molar-refractivity contribution in [3.05, 3.63) is 47.2 Å². The lowest BCUT2D eigenvalue weighted by molar-refractivity contribution is 0.0212. The minimum absolute atomic E-state index is 0.00634. The Hall–Kier alpha value is -4.80. The van der Waals surface area contributed by atoms with Crippen LogP contribution in [-0.2, 0) is 15.9 Å². The first-order chi connectivity index (χ1) is 26.5. The highest BCUT2D eigenvalue weighted by molar-refractivity contribution is 6.03. The van der Waals surface area contributed by atoms with E-state index in [2.05, 4.69) is 15.7 Å². The van der Waals surface area contributed by atoms with Crippen LogP contribution in [0.1, 0.15) is 70.6 Å². The molecule has 0 spiro atoms. The highest BCUT2D eigenvalue weighted by atomic mass is 19.1. The van der Waals surface area contributed by atoms with Crippen molar-refractivity contribution >= 4 is 33.6 Å². The number of halogens is 2. The predicted molar refractivity (Wildman–Crippen MR) is 205 cm³/mol. The van der Waals surface area contributed by atoms with Gasteiger partial charge < -0.3 is 33.6 Å². The summed E-state index contributed by atoms with van der Waals surface area (Å²) >= 11 is 0. The number of piperidine rings is 1. The maximum absolute atomic E-state index is 17.5. The Morgan fingerprint density at radius 2 is 1.82 bits per heavy atom. The van der Waals surface area contributed by atoms with Crippen molar-refractivity contribution in [3.8, 4) is 35.4 Å². The van der Waals surface area contributed by atoms with E-state index in [9.17, 15) is 4.79 Å². The summed E-state index contributed by atoms with van der Waals surface area (Å²) in [5, 5.41) is 1.39. The fraction of sp³-hybridized carbons (Fsp3) is 0.524. The van der Waals surface area contributed by atoms with Gasteiger partial charge in [0.25, 0.3) is 0 Å². The van der Waals surface area contributed by atoms with E-state index < -0.39 is 17.2 Å². The van der Waals surface area contributed by atoms with Gasteiger partial charge in [-0.05, 0) is 96.0 Å². The second-order valence-electron chi connectivity index (χ2n) is 16.4. The Morgan fingerprint density at radius 3 is 2.55 bits per heavy atom. The first kappa shape index (κ1) is 37.1. The number of rotatable bonds is 9. The Labute approximate surface area is 320 Å². The summed E-state index contributed by atoms with van der Waals surface area (Å²) in [6, 6.07) is 6.13. The number of carbonyl (C=O) groups excluding carboxylic acids is 1. The number of ether oxygens (including phenoxy) is 4. The van der Waals surface area contributed by atoms with Crippen molar-refractivity contribution < 1.29 is 32.5 Å². The number of likely N-dealkylation sites (tertiary alicyclic amines) is 1. The quantitative estimate of drug-likeness (QED) is 0.130. The third-order valence-electron chi connectivity index (χ3n) is 11.2. The largest absolute Gasteiger partial charge is 0.468 e. The van der Waals surface area contributed by atoms with Crippen molar-refractivity contribution in [3.63, 3.8) is 0 Å². The molecule has 0 radical (unpaired) electrons. The van der Waals surface area contributed by atoms with Gasteiger partial charge in [0.1, 0.15) is 34.2 Å². The highest BCUT2D eigenvalue weighted by Crippen LogP contribution is 2.47. The number of hydrogen-bond acceptors (Lipinski definition) is 10. The third kappa shape index (κ3) is 7.46. The summed E-state index contributed by atoms with van der Waals surface area (Å²) in [5.74, 6) is 2.07. The standard InChI is InChI=1S/C42H48F2N6O5/c1-6-29-31(43)12-10-26-20-28(54-25-52-5)21-30(33(26)29)36-35(44)37-34-32(45-36)13-11-27-22-49(40(51)55-41(2,3)4)18-19-50(27)38(34)47-39(46-37)53-24-42(14-15-42)23-48-16-8-7-9-17-48/h1,10,12,20-21,27H,7-9,11,13-19,22-25H2,2-5H3/t27-/m1/s1. The molecular weight excluding hydrogens is 706 g/mol. The zero-order valence-electron chi connectivity index (χ0n) is 32.1. The smallest absolute Gasteiger partial charge is 0.410 e. The van der Waals surface area contributed by atoms with Crippen LogP contribution in [0.5, 0.6) is 11.8 Å². The molecule has 1 atom stereocenters. The van der Waals surface area contributed by atoms with Crippen LogP contribution in [0.15, 0.2) is 24.3 Å². The molecule has 2 saturated heterocycles. The summed E-state index contributed by atoms with van der Waals surface area (Å²) < 4.78 is 55.9. The molecular formula is C42H48F2N6O5. The Kier molecular flexibility index (Phi) is 9.92. The van der Waals surface area contributed by atoms with Crippen LogP contribution in [0.3, 0.4) is 0 Å². The predicted octanol–water partition coefficient (Wildman–Crippen LogP) is 7.10. The fourth-order valence-electron chi connectivity index (χ4n) is 8.30. The number of hydrogen-bond donors (Lipinski definition) is 0. The zero-order valence-corrected chi connectivity index (χ0v) is 32.1. The van der Waals surface area contributed by atoms with Gasteiger partial charge in [-0.15, -0.1) is 6.42 Å². The number of piperazine rings is 1. The van der Waals surface area contributed by atoms with Crippen LogP contribution >= 0.6 is 0 Å². The van der Waals surface area contributed by atoms with Gasteiger partial charge in [0.2, 0.25) is 0 Å². The van der Waals surface area contributed by atoms with Gasteiger partial charge in [0.15, 0.2) is 12.6 Å². The normalized spacial score (nSPS) is 19.5. The number of nitrogens with zero attached hydrogens (tertiary/aromatic N) is 6. The maximum atomic E-state index is 17.5. The van der Waals surface area contributed by atoms with E-state index in [4.69, 9.17) is 40.3 Å². The van der Waals surface area contributed by atoms with E-state index in [0.717, 1.165) is 32.5 Å². The minimum Gasteiger partial charge on any atom is -0.468 e. The minimum atomic E-state index is -0.704. The van der Waals surface area contributed by atoms with Crippen molar-refractivity contribution in [1.29, 1.82) is 0 Å². The molecule has 290 valence electrons. The summed E-state index contributed by atoms with van der Waals surface area (Å²) in [6.45, 7) is 10.3. The van der Waals surface area contributed by atoms with E-state index in [1.165, 1.54) is 32.4 Å². The van der Waals surface area contributed by atoms with Crippen LogP contribution in [0.25, 0.3) is 32.9 Å². The molecule has 0 bridgehead atoms. The Morgan fingerprint density at radius 1 is 1.02 bits per heavy atom. The summed E-state index contributed by atoms with van der Waals surface area (Å²) in [7, 11) is 1.50. The number of benzene rings is 2. The van der Waals surface area contributed by atoms with Crippen molar-refractivity contribution in [2.75, 3.05) is 64.7 Å². The molecule has 55 heavy (non-hydrogen) atoms. The number of pyridine rings is 1. The molecule has 5 heterocycles. The van der Waals surface area contributed by atoms with E-state index in [1.807, 2.05) is 20.8 Å². The molecule has 0 unspecified atom stereocenters. The lowest BCUT2D eigenvalue weighted by atomic mass is 9.95. The highest BCUT2D eigenvalue weighted by Gasteiger charge is 2.45. The molecule has 3 aliphatic heterocycles. The van der Waals surface area contributed by atoms with Gasteiger partial charge in [-0.3, -0.25) is 0 Å². The van der Waals surface area contributed by atoms with Gasteiger partial charge in [-0.25, -0.2) is 18.6 Å². The third-order valence-corrected chi connectivity index (χ3v) is 11.2. The number of fused-ring (bicyclic) bond motifs is 3. The number of anilines is 1. The first-order valence-electron chi connectivity index (χ1n) is 19.3. The molecule has 1 aliphatic carbocycles. The molecule has 0 N–H and O–H groups in total. The van der Waals surface area contributed by atoms with E-state index in [-0.39, 0.29) is 52.7 Å². The van der Waals surface area contributed by atoms with Crippen molar-refractivity contribution in [2.24, 2.45) is 5.41 Å². The van der Waals surface area contributed by atoms with Gasteiger partial charge >= 0.3 is 12.1 Å². The average molecular weight is 755 g/mol. The summed E-state index contributed by atoms with van der Waals surface area (Å²) in [5.41, 5.74) is 0.250. The fourth-order valence-corrected chi connectivity index (χ4v) is 8.30. The number of amides is 1. The van der Waals surface area contributed by atoms with Crippen LogP contribution in [-0.4, -0.2) is 102 Å². The SMILES string of the molecule is C#Cc1c(F)ccc2cc(OCOC)cc(-c3nc4c5c(nc(OCC6(CN7CCCCC7)CC6)nc5c3F)N3CCN(C(=O)OC(C)(C)C)C[C@H]3CC4)c12. The molecule has 2 aromatic carbocycles. The molecule has 11 nitrogen and oxygen atoms in total. The molecule has 13 heteroatoms. The molecule has 1 saturated carbocycles. The van der Waals surface area contributed by atoms with Crippen LogP contribution in [0.2, 0.25) is 0 Å². The molecule has 2 aromatic heterocycles. The number of terminal acetylenes is 1. The van der Waals surface area contributed by atoms with Crippen LogP contribution in [0, 0.1) is 29.4 Å². The van der Waals surface area contributed by atoms with Gasteiger partial charge in [0, 0.05) is 55.7 Å². The molecule has 4 aliphatic rings. The van der Waals surface area contributed by atoms with E-state index in [0.29, 0.717) is 72.5 Å². The number of methoxy groups -OCH3 is 1. The van der Waals surface area contributed by atoms with Gasteiger partial charge in [-0.1, -0.05) is 18.4 Å². The van der Waals surface area contributed by atoms with E-state index in [1.54, 1.807) is 23.1 Å². The Balaban J connectivity index is 1.24. The Bertz CT molecular complexity index is 2170. The first-order valence-corrected chi connectivity index (χ1v) is 19.3. The number of carbonyl (C=O) groups is 1. The second kappa shape index (κ2) is 14.7. The van der Waals surface area contributed by atoms with Crippen molar-refractivity contribution in [2.45, 2.75) is 77.4 Å². The summed E-state index contributed by atoms with van der Waals surface area (Å²) in [4.78, 5) is 34.3. The van der Waals surface area contributed by atoms with Gasteiger partial charge in [0.05, 0.1) is 23.3 Å². The van der Waals surface area contributed by atoms with Crippen LogP contribution in [0.4, 0.5) is 19.4 Å². The monoisotopic (exact) mass is 754 g/mol. The molecule has 8 rings (SSSR count). The maximum Gasteiger partial charge on any atom is 0.410 e. The lowest BCUT2D eigenvalue weighted by Crippen LogP contribution is -2.55.